The van der Waals surface area contributed by atoms with Crippen molar-refractivity contribution in [2.45, 2.75) is 0 Å². The number of benzene rings is 3. The number of amides is 2. The Bertz CT molecular complexity index is 1140. The fourth-order valence-electron chi connectivity index (χ4n) is 2.81. The molecule has 34 heavy (non-hydrogen) atoms. The number of carbonyl (C=O) groups is 2. The lowest BCUT2D eigenvalue weighted by molar-refractivity contribution is 0.0943. The molecule has 3 rings (SSSR count). The summed E-state index contributed by atoms with van der Waals surface area (Å²) in [6.07, 6.45) is 2.75. The minimum absolute atomic E-state index is 0.0434. The number of aromatic hydroxyl groups is 2. The Morgan fingerprint density at radius 2 is 1.09 bits per heavy atom. The number of hydrogen-bond acceptors (Lipinski definition) is 8. The van der Waals surface area contributed by atoms with Crippen LogP contribution in [0.1, 0.15) is 31.8 Å². The van der Waals surface area contributed by atoms with E-state index in [0.717, 1.165) is 0 Å². The average molecular weight is 462 g/mol. The van der Waals surface area contributed by atoms with Gasteiger partial charge in [0.05, 0.1) is 26.6 Å². The zero-order chi connectivity index (χ0) is 24.5. The zero-order valence-electron chi connectivity index (χ0n) is 18.4. The molecule has 0 unspecified atom stereocenters. The predicted octanol–water partition coefficient (Wildman–Crippen LogP) is 2.64. The van der Waals surface area contributed by atoms with E-state index in [4.69, 9.17) is 9.47 Å². The molecule has 10 heteroatoms. The van der Waals surface area contributed by atoms with Gasteiger partial charge in [0.2, 0.25) is 0 Å². The molecule has 0 fully saturated rings. The van der Waals surface area contributed by atoms with E-state index in [1.54, 1.807) is 24.3 Å². The molecule has 0 aliphatic rings. The lowest BCUT2D eigenvalue weighted by atomic mass is 10.1. The van der Waals surface area contributed by atoms with Gasteiger partial charge in [-0.05, 0) is 71.8 Å². The molecule has 3 aromatic carbocycles. The smallest absolute Gasteiger partial charge is 0.271 e. The normalized spacial score (nSPS) is 10.9. The van der Waals surface area contributed by atoms with E-state index in [9.17, 15) is 19.8 Å². The Labute approximate surface area is 195 Å². The molecular formula is C24H22N4O6. The Balaban J connectivity index is 1.54. The van der Waals surface area contributed by atoms with Crippen LogP contribution in [0.25, 0.3) is 0 Å². The molecule has 2 amide bonds. The molecule has 3 aromatic rings. The van der Waals surface area contributed by atoms with Crippen LogP contribution in [-0.2, 0) is 0 Å². The van der Waals surface area contributed by atoms with E-state index in [1.165, 1.54) is 63.0 Å². The van der Waals surface area contributed by atoms with Gasteiger partial charge in [-0.15, -0.1) is 0 Å². The van der Waals surface area contributed by atoms with Crippen molar-refractivity contribution in [2.75, 3.05) is 14.2 Å². The monoisotopic (exact) mass is 462 g/mol. The van der Waals surface area contributed by atoms with E-state index in [2.05, 4.69) is 21.1 Å². The fraction of sp³-hybridized carbons (Fsp3) is 0.0833. The number of nitrogens with zero attached hydrogens (tertiary/aromatic N) is 2. The first-order valence-electron chi connectivity index (χ1n) is 9.92. The van der Waals surface area contributed by atoms with Gasteiger partial charge in [0.25, 0.3) is 11.8 Å². The number of hydrogen-bond donors (Lipinski definition) is 4. The van der Waals surface area contributed by atoms with Gasteiger partial charge >= 0.3 is 0 Å². The van der Waals surface area contributed by atoms with Gasteiger partial charge < -0.3 is 19.7 Å². The van der Waals surface area contributed by atoms with Crippen LogP contribution in [0.2, 0.25) is 0 Å². The first-order chi connectivity index (χ1) is 16.4. The van der Waals surface area contributed by atoms with Crippen molar-refractivity contribution in [3.8, 4) is 23.0 Å². The summed E-state index contributed by atoms with van der Waals surface area (Å²) < 4.78 is 9.93. The van der Waals surface area contributed by atoms with Crippen molar-refractivity contribution in [2.24, 2.45) is 10.2 Å². The van der Waals surface area contributed by atoms with Gasteiger partial charge in [0.1, 0.15) is 0 Å². The Kier molecular flexibility index (Phi) is 7.79. The Morgan fingerprint density at radius 1 is 0.706 bits per heavy atom. The Hall–Kier alpha value is -4.86. The van der Waals surface area contributed by atoms with Crippen molar-refractivity contribution in [3.05, 3.63) is 82.9 Å². The van der Waals surface area contributed by atoms with E-state index < -0.39 is 11.8 Å². The molecule has 10 nitrogen and oxygen atoms in total. The van der Waals surface area contributed by atoms with Crippen molar-refractivity contribution in [3.63, 3.8) is 0 Å². The van der Waals surface area contributed by atoms with Crippen LogP contribution in [0, 0.1) is 0 Å². The highest BCUT2D eigenvalue weighted by Gasteiger charge is 2.08. The minimum Gasteiger partial charge on any atom is -0.504 e. The number of carbonyl (C=O) groups excluding carboxylic acids is 2. The number of hydrazone groups is 2. The van der Waals surface area contributed by atoms with Gasteiger partial charge in [0.15, 0.2) is 23.0 Å². The van der Waals surface area contributed by atoms with Crippen LogP contribution in [0.4, 0.5) is 0 Å². The van der Waals surface area contributed by atoms with Gasteiger partial charge in [0, 0.05) is 11.1 Å². The second kappa shape index (κ2) is 11.1. The van der Waals surface area contributed by atoms with Gasteiger partial charge in [-0.2, -0.15) is 10.2 Å². The lowest BCUT2D eigenvalue weighted by Gasteiger charge is -2.04. The standard InChI is InChI=1S/C24H22N4O6/c1-33-21-9-3-15(11-19(21)29)13-25-27-23(31)17-5-7-18(8-6-17)24(32)28-26-14-16-4-10-22(34-2)20(30)12-16/h3-14,29-30H,1-2H3,(H,27,31)(H,28,32). The number of phenolic OH excluding ortho intramolecular Hbond substituents is 2. The molecule has 0 saturated heterocycles. The third-order valence-corrected chi connectivity index (χ3v) is 4.57. The van der Waals surface area contributed by atoms with Crippen molar-refractivity contribution < 1.29 is 29.3 Å². The zero-order valence-corrected chi connectivity index (χ0v) is 18.4. The molecule has 0 aromatic heterocycles. The molecule has 0 bridgehead atoms. The van der Waals surface area contributed by atoms with Crippen molar-refractivity contribution >= 4 is 24.2 Å². The predicted molar refractivity (Wildman–Crippen MR) is 126 cm³/mol. The first kappa shape index (κ1) is 23.8. The third kappa shape index (κ3) is 6.10. The number of nitrogens with one attached hydrogen (secondary N) is 2. The number of phenols is 2. The summed E-state index contributed by atoms with van der Waals surface area (Å²) in [5.41, 5.74) is 6.47. The van der Waals surface area contributed by atoms with Crippen LogP contribution >= 0.6 is 0 Å². The van der Waals surface area contributed by atoms with Crippen LogP contribution in [0.15, 0.2) is 70.9 Å². The SMILES string of the molecule is COc1ccc(C=NNC(=O)c2ccc(C(=O)NN=Cc3ccc(OC)c(O)c3)cc2)cc1O. The van der Waals surface area contributed by atoms with E-state index in [0.29, 0.717) is 33.8 Å². The molecule has 0 atom stereocenters. The molecule has 174 valence electrons. The number of ether oxygens (including phenoxy) is 2. The number of methoxy groups -OCH3 is 2. The largest absolute Gasteiger partial charge is 0.504 e. The highest BCUT2D eigenvalue weighted by Crippen LogP contribution is 2.26. The van der Waals surface area contributed by atoms with E-state index in [1.807, 2.05) is 0 Å². The summed E-state index contributed by atoms with van der Waals surface area (Å²) in [7, 11) is 2.89. The first-order valence-corrected chi connectivity index (χ1v) is 9.92. The van der Waals surface area contributed by atoms with Crippen LogP contribution in [0.3, 0.4) is 0 Å². The Morgan fingerprint density at radius 3 is 1.41 bits per heavy atom. The van der Waals surface area contributed by atoms with Crippen LogP contribution in [0.5, 0.6) is 23.0 Å². The molecule has 0 aliphatic carbocycles. The fourth-order valence-corrected chi connectivity index (χ4v) is 2.81. The topological polar surface area (TPSA) is 142 Å². The lowest BCUT2D eigenvalue weighted by Crippen LogP contribution is -2.19. The second-order valence-electron chi connectivity index (χ2n) is 6.84. The third-order valence-electron chi connectivity index (χ3n) is 4.57. The molecular weight excluding hydrogens is 440 g/mol. The van der Waals surface area contributed by atoms with Gasteiger partial charge in [-0.1, -0.05) is 0 Å². The van der Waals surface area contributed by atoms with E-state index in [-0.39, 0.29) is 11.5 Å². The molecule has 0 heterocycles. The maximum Gasteiger partial charge on any atom is 0.271 e. The summed E-state index contributed by atoms with van der Waals surface area (Å²) in [6, 6.07) is 15.3. The summed E-state index contributed by atoms with van der Waals surface area (Å²) in [6.45, 7) is 0. The second-order valence-corrected chi connectivity index (χ2v) is 6.84. The molecule has 0 radical (unpaired) electrons. The van der Waals surface area contributed by atoms with Crippen LogP contribution < -0.4 is 20.3 Å². The van der Waals surface area contributed by atoms with Gasteiger partial charge in [-0.3, -0.25) is 9.59 Å². The number of rotatable bonds is 8. The highest BCUT2D eigenvalue weighted by atomic mass is 16.5. The summed E-state index contributed by atoms with van der Waals surface area (Å²) in [5.74, 6) is -0.375. The van der Waals surface area contributed by atoms with E-state index >= 15 is 0 Å². The van der Waals surface area contributed by atoms with Gasteiger partial charge in [-0.25, -0.2) is 10.9 Å². The maximum absolute atomic E-state index is 12.2. The maximum atomic E-state index is 12.2. The quantitative estimate of drug-likeness (QED) is 0.300. The molecule has 0 spiro atoms. The average Bonchev–Trinajstić information content (AvgIpc) is 2.84. The van der Waals surface area contributed by atoms with Crippen LogP contribution in [-0.4, -0.2) is 48.7 Å². The van der Waals surface area contributed by atoms with Crippen molar-refractivity contribution in [1.29, 1.82) is 0 Å². The molecule has 0 saturated carbocycles. The summed E-state index contributed by atoms with van der Waals surface area (Å²) in [4.78, 5) is 24.5. The van der Waals surface area contributed by atoms with Crippen molar-refractivity contribution in [1.82, 2.24) is 10.9 Å². The molecule has 4 N–H and O–H groups in total. The highest BCUT2D eigenvalue weighted by molar-refractivity contribution is 5.98. The molecule has 0 aliphatic heterocycles. The summed E-state index contributed by atoms with van der Waals surface area (Å²) >= 11 is 0. The summed E-state index contributed by atoms with van der Waals surface area (Å²) in [5, 5.41) is 27.2. The minimum atomic E-state index is -0.474.